The summed E-state index contributed by atoms with van der Waals surface area (Å²) in [4.78, 5) is 20.7. The van der Waals surface area contributed by atoms with Crippen LogP contribution in [0.15, 0.2) is 67.0 Å². The summed E-state index contributed by atoms with van der Waals surface area (Å²) in [6, 6.07) is 15.8. The summed E-state index contributed by atoms with van der Waals surface area (Å²) >= 11 is 5.97. The van der Waals surface area contributed by atoms with E-state index in [0.29, 0.717) is 39.3 Å². The van der Waals surface area contributed by atoms with E-state index in [0.717, 1.165) is 11.1 Å². The number of nitrogens with zero attached hydrogens (tertiary/aromatic N) is 1. The van der Waals surface area contributed by atoms with E-state index in [2.05, 4.69) is 14.7 Å². The molecule has 0 fully saturated rings. The number of hydrogen-bond donors (Lipinski definition) is 2. The first-order valence-electron chi connectivity index (χ1n) is 9.74. The number of rotatable bonds is 7. The number of hydrogen-bond acceptors (Lipinski definition) is 4. The second kappa shape index (κ2) is 8.53. The van der Waals surface area contributed by atoms with E-state index < -0.39 is 10.0 Å². The van der Waals surface area contributed by atoms with Crippen LogP contribution in [0.5, 0.6) is 0 Å². The molecule has 6 nitrogen and oxygen atoms in total. The number of aromatic amines is 1. The van der Waals surface area contributed by atoms with E-state index in [1.54, 1.807) is 55.7 Å². The van der Waals surface area contributed by atoms with Crippen molar-refractivity contribution in [2.45, 2.75) is 13.3 Å². The van der Waals surface area contributed by atoms with Gasteiger partial charge in [0, 0.05) is 45.2 Å². The molecule has 0 aliphatic carbocycles. The third-order valence-electron chi connectivity index (χ3n) is 4.82. The van der Waals surface area contributed by atoms with E-state index in [1.807, 2.05) is 18.2 Å². The molecule has 2 heterocycles. The molecule has 0 saturated heterocycles. The Bertz CT molecular complexity index is 1360. The smallest absolute Gasteiger partial charge is 0.232 e. The quantitative estimate of drug-likeness (QED) is 0.373. The Morgan fingerprint density at radius 1 is 1.10 bits per heavy atom. The van der Waals surface area contributed by atoms with Crippen LogP contribution >= 0.6 is 11.6 Å². The van der Waals surface area contributed by atoms with Crippen molar-refractivity contribution < 1.29 is 13.2 Å². The van der Waals surface area contributed by atoms with Crippen LogP contribution < -0.4 is 4.72 Å². The van der Waals surface area contributed by atoms with Crippen molar-refractivity contribution in [2.75, 3.05) is 10.5 Å². The SMILES string of the molecule is CCCS(=O)(=O)Nc1cccc(C(=O)c2c[nH]c3ncc(-c4ccc(Cl)cc4)cc23)c1. The second-order valence-electron chi connectivity index (χ2n) is 7.16. The summed E-state index contributed by atoms with van der Waals surface area (Å²) in [5.74, 6) is -0.204. The third kappa shape index (κ3) is 4.62. The summed E-state index contributed by atoms with van der Waals surface area (Å²) in [6.07, 6.45) is 3.87. The van der Waals surface area contributed by atoms with E-state index in [9.17, 15) is 13.2 Å². The van der Waals surface area contributed by atoms with Gasteiger partial charge in [-0.05, 0) is 42.3 Å². The van der Waals surface area contributed by atoms with Crippen LogP contribution in [0.1, 0.15) is 29.3 Å². The van der Waals surface area contributed by atoms with Gasteiger partial charge in [-0.25, -0.2) is 13.4 Å². The number of halogens is 1. The molecule has 0 bridgehead atoms. The van der Waals surface area contributed by atoms with Crippen molar-refractivity contribution in [1.82, 2.24) is 9.97 Å². The fourth-order valence-electron chi connectivity index (χ4n) is 3.37. The average Bonchev–Trinajstić information content (AvgIpc) is 3.16. The maximum atomic E-state index is 13.2. The van der Waals surface area contributed by atoms with Gasteiger partial charge >= 0.3 is 0 Å². The first-order valence-corrected chi connectivity index (χ1v) is 11.8. The van der Waals surface area contributed by atoms with Gasteiger partial charge in [0.05, 0.1) is 5.75 Å². The van der Waals surface area contributed by atoms with Crippen LogP contribution in [0, 0.1) is 0 Å². The largest absolute Gasteiger partial charge is 0.345 e. The maximum Gasteiger partial charge on any atom is 0.232 e. The number of carbonyl (C=O) groups excluding carboxylic acids is 1. The van der Waals surface area contributed by atoms with Crippen molar-refractivity contribution in [3.8, 4) is 11.1 Å². The lowest BCUT2D eigenvalue weighted by Crippen LogP contribution is -2.16. The summed E-state index contributed by atoms with van der Waals surface area (Å²) < 4.78 is 26.6. The number of ketones is 1. The second-order valence-corrected chi connectivity index (χ2v) is 9.44. The standard InChI is InChI=1S/C23H20ClN3O3S/c1-2-10-31(29,30)27-19-5-3-4-16(11-19)22(28)21-14-26-23-20(21)12-17(13-25-23)15-6-8-18(24)9-7-15/h3-9,11-14,27H,2,10H2,1H3,(H,25,26). The van der Waals surface area contributed by atoms with E-state index >= 15 is 0 Å². The van der Waals surface area contributed by atoms with Crippen LogP contribution in [-0.2, 0) is 10.0 Å². The molecule has 158 valence electrons. The van der Waals surface area contributed by atoms with Gasteiger partial charge in [-0.3, -0.25) is 9.52 Å². The minimum absolute atomic E-state index is 0.0206. The highest BCUT2D eigenvalue weighted by atomic mass is 35.5. The molecule has 0 saturated carbocycles. The van der Waals surface area contributed by atoms with E-state index in [-0.39, 0.29) is 11.5 Å². The predicted octanol–water partition coefficient (Wildman–Crippen LogP) is 5.27. The van der Waals surface area contributed by atoms with Crippen molar-refractivity contribution in [2.24, 2.45) is 0 Å². The molecule has 0 aliphatic heterocycles. The third-order valence-corrected chi connectivity index (χ3v) is 6.57. The van der Waals surface area contributed by atoms with Gasteiger partial charge in [0.2, 0.25) is 10.0 Å². The molecule has 4 aromatic rings. The first kappa shape index (κ1) is 21.1. The van der Waals surface area contributed by atoms with Crippen LogP contribution in [0.3, 0.4) is 0 Å². The number of carbonyl (C=O) groups is 1. The number of fused-ring (bicyclic) bond motifs is 1. The highest BCUT2D eigenvalue weighted by molar-refractivity contribution is 7.92. The lowest BCUT2D eigenvalue weighted by molar-refractivity contribution is 0.104. The molecular formula is C23H20ClN3O3S. The number of H-pyrrole nitrogens is 1. The van der Waals surface area contributed by atoms with Crippen molar-refractivity contribution in [1.29, 1.82) is 0 Å². The van der Waals surface area contributed by atoms with Gasteiger partial charge in [-0.15, -0.1) is 0 Å². The molecule has 4 rings (SSSR count). The lowest BCUT2D eigenvalue weighted by atomic mass is 10.0. The number of benzene rings is 2. The average molecular weight is 454 g/mol. The van der Waals surface area contributed by atoms with E-state index in [1.165, 1.54) is 0 Å². The van der Waals surface area contributed by atoms with Crippen molar-refractivity contribution >= 4 is 44.1 Å². The molecule has 0 aliphatic rings. The Balaban J connectivity index is 1.69. The first-order chi connectivity index (χ1) is 14.9. The van der Waals surface area contributed by atoms with Gasteiger partial charge in [0.25, 0.3) is 0 Å². The molecule has 31 heavy (non-hydrogen) atoms. The Labute approximate surface area is 185 Å². The maximum absolute atomic E-state index is 13.2. The monoisotopic (exact) mass is 453 g/mol. The molecular weight excluding hydrogens is 434 g/mol. The number of pyridine rings is 1. The van der Waals surface area contributed by atoms with Gasteiger partial charge in [0.1, 0.15) is 5.65 Å². The molecule has 2 aromatic carbocycles. The summed E-state index contributed by atoms with van der Waals surface area (Å²) in [6.45, 7) is 1.79. The number of aromatic nitrogens is 2. The molecule has 0 atom stereocenters. The predicted molar refractivity (Wildman–Crippen MR) is 124 cm³/mol. The molecule has 8 heteroatoms. The van der Waals surface area contributed by atoms with Crippen LogP contribution in [0.4, 0.5) is 5.69 Å². The Morgan fingerprint density at radius 3 is 2.61 bits per heavy atom. The van der Waals surface area contributed by atoms with E-state index in [4.69, 9.17) is 11.6 Å². The highest BCUT2D eigenvalue weighted by Crippen LogP contribution is 2.27. The van der Waals surface area contributed by atoms with Crippen molar-refractivity contribution in [3.05, 3.63) is 83.1 Å². The molecule has 0 spiro atoms. The molecule has 2 N–H and O–H groups in total. The Morgan fingerprint density at radius 2 is 1.87 bits per heavy atom. The summed E-state index contributed by atoms with van der Waals surface area (Å²) in [5.41, 5.74) is 3.60. The molecule has 2 aromatic heterocycles. The van der Waals surface area contributed by atoms with Gasteiger partial charge in [-0.1, -0.05) is 42.8 Å². The fraction of sp³-hybridized carbons (Fsp3) is 0.130. The minimum Gasteiger partial charge on any atom is -0.345 e. The zero-order valence-corrected chi connectivity index (χ0v) is 18.3. The number of anilines is 1. The zero-order chi connectivity index (χ0) is 22.0. The highest BCUT2D eigenvalue weighted by Gasteiger charge is 2.17. The topological polar surface area (TPSA) is 91.9 Å². The van der Waals surface area contributed by atoms with Crippen LogP contribution in [0.2, 0.25) is 5.02 Å². The number of sulfonamides is 1. The van der Waals surface area contributed by atoms with Crippen LogP contribution in [0.25, 0.3) is 22.2 Å². The van der Waals surface area contributed by atoms with Crippen LogP contribution in [-0.4, -0.2) is 29.9 Å². The molecule has 0 amide bonds. The zero-order valence-electron chi connectivity index (χ0n) is 16.7. The van der Waals surface area contributed by atoms with Gasteiger partial charge in [0.15, 0.2) is 5.78 Å². The minimum atomic E-state index is -3.44. The summed E-state index contributed by atoms with van der Waals surface area (Å²) in [5, 5.41) is 1.33. The van der Waals surface area contributed by atoms with Gasteiger partial charge < -0.3 is 4.98 Å². The van der Waals surface area contributed by atoms with Gasteiger partial charge in [-0.2, -0.15) is 0 Å². The normalized spacial score (nSPS) is 11.5. The Hall–Kier alpha value is -3.16. The van der Waals surface area contributed by atoms with Crippen molar-refractivity contribution in [3.63, 3.8) is 0 Å². The fourth-order valence-corrected chi connectivity index (χ4v) is 4.62. The molecule has 0 radical (unpaired) electrons. The number of nitrogens with one attached hydrogen (secondary N) is 2. The lowest BCUT2D eigenvalue weighted by Gasteiger charge is -2.08. The Kier molecular flexibility index (Phi) is 5.80. The molecule has 0 unspecified atom stereocenters. The summed E-state index contributed by atoms with van der Waals surface area (Å²) in [7, 11) is -3.44.